The van der Waals surface area contributed by atoms with Gasteiger partial charge in [-0.2, -0.15) is 0 Å². The van der Waals surface area contributed by atoms with Gasteiger partial charge in [-0.05, 0) is 36.9 Å². The Labute approximate surface area is 126 Å². The molecule has 2 aromatic carbocycles. The summed E-state index contributed by atoms with van der Waals surface area (Å²) in [5.41, 5.74) is 1.77. The number of hydrogen-bond donors (Lipinski definition) is 1. The summed E-state index contributed by atoms with van der Waals surface area (Å²) in [5, 5.41) is 13.4. The smallest absolute Gasteiger partial charge is 0.271 e. The maximum atomic E-state index is 12.3. The summed E-state index contributed by atoms with van der Waals surface area (Å²) in [4.78, 5) is 23.5. The Bertz CT molecular complexity index is 701. The molecule has 0 aliphatic heterocycles. The summed E-state index contributed by atoms with van der Waals surface area (Å²) >= 11 is 1.55. The van der Waals surface area contributed by atoms with E-state index in [-0.39, 0.29) is 11.6 Å². The maximum absolute atomic E-state index is 12.3. The molecule has 0 radical (unpaired) electrons. The second kappa shape index (κ2) is 6.41. The molecule has 21 heavy (non-hydrogen) atoms. The van der Waals surface area contributed by atoms with E-state index in [1.54, 1.807) is 23.9 Å². The van der Waals surface area contributed by atoms with Crippen LogP contribution in [-0.2, 0) is 0 Å². The Balaban J connectivity index is 2.25. The zero-order valence-corrected chi connectivity index (χ0v) is 12.4. The predicted molar refractivity (Wildman–Crippen MR) is 84.0 cm³/mol. The van der Waals surface area contributed by atoms with Crippen molar-refractivity contribution in [3.63, 3.8) is 0 Å². The van der Waals surface area contributed by atoms with Crippen molar-refractivity contribution in [1.82, 2.24) is 0 Å². The van der Waals surface area contributed by atoms with Gasteiger partial charge < -0.3 is 5.32 Å². The molecule has 0 atom stereocenters. The van der Waals surface area contributed by atoms with Crippen molar-refractivity contribution >= 4 is 29.0 Å². The lowest BCUT2D eigenvalue weighted by molar-refractivity contribution is -0.384. The van der Waals surface area contributed by atoms with Crippen LogP contribution in [0.5, 0.6) is 0 Å². The number of rotatable bonds is 4. The van der Waals surface area contributed by atoms with Gasteiger partial charge in [0.2, 0.25) is 0 Å². The standard InChI is InChI=1S/C15H14N2O3S/c1-10-6-7-13(21-2)9-14(10)15(18)16-11-4-3-5-12(8-11)17(19)20/h3-9H,1-2H3,(H,16,18). The van der Waals surface area contributed by atoms with Crippen molar-refractivity contribution in [2.45, 2.75) is 11.8 Å². The van der Waals surface area contributed by atoms with E-state index < -0.39 is 4.92 Å². The molecule has 0 saturated heterocycles. The molecule has 2 rings (SSSR count). The number of nitro groups is 1. The fraction of sp³-hybridized carbons (Fsp3) is 0.133. The van der Waals surface area contributed by atoms with E-state index >= 15 is 0 Å². The van der Waals surface area contributed by atoms with E-state index in [1.165, 1.54) is 12.1 Å². The highest BCUT2D eigenvalue weighted by atomic mass is 32.2. The monoisotopic (exact) mass is 302 g/mol. The summed E-state index contributed by atoms with van der Waals surface area (Å²) in [6, 6.07) is 11.5. The third-order valence-corrected chi connectivity index (χ3v) is 3.73. The lowest BCUT2D eigenvalue weighted by atomic mass is 10.1. The SMILES string of the molecule is CSc1ccc(C)c(C(=O)Nc2cccc([N+](=O)[O-])c2)c1. The fourth-order valence-electron chi connectivity index (χ4n) is 1.87. The van der Waals surface area contributed by atoms with Crippen molar-refractivity contribution in [3.8, 4) is 0 Å². The van der Waals surface area contributed by atoms with Crippen molar-refractivity contribution in [3.05, 3.63) is 63.7 Å². The van der Waals surface area contributed by atoms with Gasteiger partial charge in [0.1, 0.15) is 0 Å². The maximum Gasteiger partial charge on any atom is 0.271 e. The second-order valence-electron chi connectivity index (χ2n) is 4.44. The Morgan fingerprint density at radius 3 is 2.67 bits per heavy atom. The van der Waals surface area contributed by atoms with Crippen LogP contribution in [0.4, 0.5) is 11.4 Å². The highest BCUT2D eigenvalue weighted by molar-refractivity contribution is 7.98. The van der Waals surface area contributed by atoms with Crippen LogP contribution >= 0.6 is 11.8 Å². The summed E-state index contributed by atoms with van der Waals surface area (Å²) < 4.78 is 0. The molecular formula is C15H14N2O3S. The fourth-order valence-corrected chi connectivity index (χ4v) is 2.31. The van der Waals surface area contributed by atoms with E-state index in [9.17, 15) is 14.9 Å². The van der Waals surface area contributed by atoms with Crippen molar-refractivity contribution in [2.24, 2.45) is 0 Å². The molecule has 0 bridgehead atoms. The molecule has 0 saturated carbocycles. The molecule has 6 heteroatoms. The van der Waals surface area contributed by atoms with E-state index in [0.29, 0.717) is 11.3 Å². The highest BCUT2D eigenvalue weighted by Gasteiger charge is 2.12. The molecule has 0 aliphatic rings. The first-order valence-electron chi connectivity index (χ1n) is 6.21. The van der Waals surface area contributed by atoms with Gasteiger partial charge in [-0.25, -0.2) is 0 Å². The molecule has 1 N–H and O–H groups in total. The normalized spacial score (nSPS) is 10.2. The molecule has 0 aliphatic carbocycles. The second-order valence-corrected chi connectivity index (χ2v) is 5.32. The van der Waals surface area contributed by atoms with Crippen LogP contribution in [0.3, 0.4) is 0 Å². The number of aryl methyl sites for hydroxylation is 1. The van der Waals surface area contributed by atoms with Crippen LogP contribution < -0.4 is 5.32 Å². The number of amides is 1. The predicted octanol–water partition coefficient (Wildman–Crippen LogP) is 3.88. The third-order valence-electron chi connectivity index (χ3n) is 3.00. The Morgan fingerprint density at radius 2 is 2.00 bits per heavy atom. The summed E-state index contributed by atoms with van der Waals surface area (Å²) in [6.07, 6.45) is 1.94. The van der Waals surface area contributed by atoms with Crippen LogP contribution in [0.1, 0.15) is 15.9 Å². The van der Waals surface area contributed by atoms with Crippen LogP contribution in [0.2, 0.25) is 0 Å². The molecule has 5 nitrogen and oxygen atoms in total. The molecule has 2 aromatic rings. The van der Waals surface area contributed by atoms with Gasteiger partial charge in [0.25, 0.3) is 11.6 Å². The van der Waals surface area contributed by atoms with Gasteiger partial charge in [-0.3, -0.25) is 14.9 Å². The first kappa shape index (κ1) is 15.1. The minimum absolute atomic E-state index is 0.0533. The number of anilines is 1. The Kier molecular flexibility index (Phi) is 4.59. The molecule has 0 unspecified atom stereocenters. The number of carbonyl (C=O) groups is 1. The molecule has 108 valence electrons. The number of nitro benzene ring substituents is 1. The van der Waals surface area contributed by atoms with E-state index in [2.05, 4.69) is 5.32 Å². The van der Waals surface area contributed by atoms with Crippen LogP contribution in [0.25, 0.3) is 0 Å². The number of non-ortho nitro benzene ring substituents is 1. The van der Waals surface area contributed by atoms with Gasteiger partial charge in [0.15, 0.2) is 0 Å². The third kappa shape index (κ3) is 3.61. The molecule has 0 heterocycles. The summed E-state index contributed by atoms with van der Waals surface area (Å²) in [5.74, 6) is -0.274. The topological polar surface area (TPSA) is 72.2 Å². The van der Waals surface area contributed by atoms with Crippen molar-refractivity contribution in [2.75, 3.05) is 11.6 Å². The molecule has 0 spiro atoms. The Morgan fingerprint density at radius 1 is 1.24 bits per heavy atom. The van der Waals surface area contributed by atoms with Gasteiger partial charge in [0, 0.05) is 28.3 Å². The summed E-state index contributed by atoms with van der Waals surface area (Å²) in [7, 11) is 0. The highest BCUT2D eigenvalue weighted by Crippen LogP contribution is 2.21. The minimum Gasteiger partial charge on any atom is -0.322 e. The average molecular weight is 302 g/mol. The Hall–Kier alpha value is -2.34. The summed E-state index contributed by atoms with van der Waals surface area (Å²) in [6.45, 7) is 1.85. The van der Waals surface area contributed by atoms with Crippen LogP contribution in [0.15, 0.2) is 47.4 Å². The average Bonchev–Trinajstić information content (AvgIpc) is 2.48. The zero-order valence-electron chi connectivity index (χ0n) is 11.6. The number of nitrogens with one attached hydrogen (secondary N) is 1. The van der Waals surface area contributed by atoms with Crippen molar-refractivity contribution in [1.29, 1.82) is 0 Å². The van der Waals surface area contributed by atoms with E-state index in [1.807, 2.05) is 31.4 Å². The van der Waals surface area contributed by atoms with Gasteiger partial charge in [0.05, 0.1) is 4.92 Å². The van der Waals surface area contributed by atoms with Gasteiger partial charge >= 0.3 is 0 Å². The number of benzene rings is 2. The lowest BCUT2D eigenvalue weighted by Gasteiger charge is -2.09. The van der Waals surface area contributed by atoms with Gasteiger partial charge in [-0.15, -0.1) is 11.8 Å². The number of hydrogen-bond acceptors (Lipinski definition) is 4. The molecule has 0 fully saturated rings. The first-order chi connectivity index (χ1) is 10.0. The van der Waals surface area contributed by atoms with E-state index in [0.717, 1.165) is 10.5 Å². The van der Waals surface area contributed by atoms with Crippen molar-refractivity contribution < 1.29 is 9.72 Å². The van der Waals surface area contributed by atoms with E-state index in [4.69, 9.17) is 0 Å². The lowest BCUT2D eigenvalue weighted by Crippen LogP contribution is -2.13. The first-order valence-corrected chi connectivity index (χ1v) is 7.44. The van der Waals surface area contributed by atoms with Crippen LogP contribution in [-0.4, -0.2) is 17.1 Å². The largest absolute Gasteiger partial charge is 0.322 e. The molecular weight excluding hydrogens is 288 g/mol. The quantitative estimate of drug-likeness (QED) is 0.528. The van der Waals surface area contributed by atoms with Gasteiger partial charge in [-0.1, -0.05) is 12.1 Å². The van der Waals surface area contributed by atoms with Crippen LogP contribution in [0, 0.1) is 17.0 Å². The number of thioether (sulfide) groups is 1. The minimum atomic E-state index is -0.491. The number of nitrogens with zero attached hydrogens (tertiary/aromatic N) is 1. The molecule has 0 aromatic heterocycles. The molecule has 1 amide bonds. The zero-order chi connectivity index (χ0) is 15.4. The number of carbonyl (C=O) groups excluding carboxylic acids is 1.